The van der Waals surface area contributed by atoms with Gasteiger partial charge < -0.3 is 10.6 Å². The molecule has 3 rings (SSSR count). The van der Waals surface area contributed by atoms with Crippen LogP contribution < -0.4 is 10.6 Å². The smallest absolute Gasteiger partial charge is 0.228 e. The van der Waals surface area contributed by atoms with Crippen molar-refractivity contribution in [3.05, 3.63) is 65.4 Å². The van der Waals surface area contributed by atoms with Crippen molar-refractivity contribution in [1.82, 2.24) is 4.98 Å². The van der Waals surface area contributed by atoms with E-state index in [1.807, 2.05) is 43.3 Å². The third-order valence-electron chi connectivity index (χ3n) is 4.80. The molecule has 0 radical (unpaired) electrons. The van der Waals surface area contributed by atoms with Gasteiger partial charge in [0.15, 0.2) is 0 Å². The molecule has 26 heavy (non-hydrogen) atoms. The molecule has 1 heterocycles. The molecule has 0 fully saturated rings. The highest BCUT2D eigenvalue weighted by Crippen LogP contribution is 2.20. The van der Waals surface area contributed by atoms with Gasteiger partial charge in [-0.1, -0.05) is 35.9 Å². The van der Waals surface area contributed by atoms with Crippen LogP contribution in [0.15, 0.2) is 54.2 Å². The average molecular weight is 349 g/mol. The Labute approximate surface area is 155 Å². The summed E-state index contributed by atoms with van der Waals surface area (Å²) in [5, 5.41) is 6.27. The SMILES string of the molecule is Cc1ccccc1CC(=O)Nc1ccc(NCCC2=CCCCC2)nc1. The Bertz CT molecular complexity index is 765. The highest BCUT2D eigenvalue weighted by Gasteiger charge is 2.07. The molecule has 0 unspecified atom stereocenters. The van der Waals surface area contributed by atoms with Crippen molar-refractivity contribution in [2.75, 3.05) is 17.2 Å². The van der Waals surface area contributed by atoms with E-state index >= 15 is 0 Å². The van der Waals surface area contributed by atoms with Crippen LogP contribution >= 0.6 is 0 Å². The number of carbonyl (C=O) groups is 1. The molecular formula is C22H27N3O. The summed E-state index contributed by atoms with van der Waals surface area (Å²) in [7, 11) is 0. The first kappa shape index (κ1) is 18.2. The summed E-state index contributed by atoms with van der Waals surface area (Å²) < 4.78 is 0. The Hall–Kier alpha value is -2.62. The first-order chi connectivity index (χ1) is 12.7. The molecule has 0 saturated heterocycles. The molecule has 1 aromatic carbocycles. The minimum absolute atomic E-state index is 0.0222. The minimum Gasteiger partial charge on any atom is -0.370 e. The summed E-state index contributed by atoms with van der Waals surface area (Å²) in [5.41, 5.74) is 4.47. The zero-order chi connectivity index (χ0) is 18.2. The third-order valence-corrected chi connectivity index (χ3v) is 4.80. The fourth-order valence-corrected chi connectivity index (χ4v) is 3.24. The first-order valence-electron chi connectivity index (χ1n) is 9.43. The quantitative estimate of drug-likeness (QED) is 0.701. The zero-order valence-corrected chi connectivity index (χ0v) is 15.4. The number of benzene rings is 1. The molecule has 1 aromatic heterocycles. The van der Waals surface area contributed by atoms with Crippen LogP contribution in [-0.2, 0) is 11.2 Å². The van der Waals surface area contributed by atoms with Crippen LogP contribution in [0.4, 0.5) is 11.5 Å². The number of hydrogen-bond donors (Lipinski definition) is 2. The lowest BCUT2D eigenvalue weighted by Gasteiger charge is -2.13. The van der Waals surface area contributed by atoms with Crippen LogP contribution in [0, 0.1) is 6.92 Å². The molecule has 2 aromatic rings. The molecule has 0 bridgehead atoms. The van der Waals surface area contributed by atoms with Gasteiger partial charge in [-0.2, -0.15) is 0 Å². The van der Waals surface area contributed by atoms with Crippen LogP contribution in [0.1, 0.15) is 43.2 Å². The van der Waals surface area contributed by atoms with Gasteiger partial charge in [0.1, 0.15) is 5.82 Å². The second-order valence-electron chi connectivity index (χ2n) is 6.87. The highest BCUT2D eigenvalue weighted by molar-refractivity contribution is 5.92. The second-order valence-corrected chi connectivity index (χ2v) is 6.87. The Morgan fingerprint density at radius 3 is 2.77 bits per heavy atom. The molecule has 1 aliphatic rings. The predicted molar refractivity (Wildman–Crippen MR) is 107 cm³/mol. The van der Waals surface area contributed by atoms with Crippen molar-refractivity contribution in [2.24, 2.45) is 0 Å². The number of nitrogens with one attached hydrogen (secondary N) is 2. The summed E-state index contributed by atoms with van der Waals surface area (Å²) in [6, 6.07) is 11.8. The molecule has 0 atom stereocenters. The lowest BCUT2D eigenvalue weighted by Crippen LogP contribution is -2.15. The van der Waals surface area contributed by atoms with Gasteiger partial charge in [0.05, 0.1) is 18.3 Å². The lowest BCUT2D eigenvalue weighted by molar-refractivity contribution is -0.115. The number of hydrogen-bond acceptors (Lipinski definition) is 3. The van der Waals surface area contributed by atoms with Gasteiger partial charge in [0, 0.05) is 6.54 Å². The van der Waals surface area contributed by atoms with Gasteiger partial charge in [0.25, 0.3) is 0 Å². The van der Waals surface area contributed by atoms with Crippen molar-refractivity contribution < 1.29 is 4.79 Å². The average Bonchev–Trinajstić information content (AvgIpc) is 2.66. The van der Waals surface area contributed by atoms with Crippen molar-refractivity contribution in [1.29, 1.82) is 0 Å². The Morgan fingerprint density at radius 2 is 2.04 bits per heavy atom. The summed E-state index contributed by atoms with van der Waals surface area (Å²) in [5.74, 6) is 0.823. The molecule has 2 N–H and O–H groups in total. The van der Waals surface area contributed by atoms with Gasteiger partial charge in [-0.15, -0.1) is 0 Å². The van der Waals surface area contributed by atoms with E-state index in [4.69, 9.17) is 0 Å². The van der Waals surface area contributed by atoms with Crippen LogP contribution in [0.25, 0.3) is 0 Å². The molecule has 0 saturated carbocycles. The van der Waals surface area contributed by atoms with E-state index in [9.17, 15) is 4.79 Å². The zero-order valence-electron chi connectivity index (χ0n) is 15.4. The number of pyridine rings is 1. The van der Waals surface area contributed by atoms with Crippen LogP contribution in [0.3, 0.4) is 0 Å². The van der Waals surface area contributed by atoms with E-state index < -0.39 is 0 Å². The number of aromatic nitrogens is 1. The molecular weight excluding hydrogens is 322 g/mol. The maximum Gasteiger partial charge on any atom is 0.228 e. The van der Waals surface area contributed by atoms with Crippen molar-refractivity contribution in [3.8, 4) is 0 Å². The highest BCUT2D eigenvalue weighted by atomic mass is 16.1. The third kappa shape index (κ3) is 5.45. The molecule has 0 spiro atoms. The normalized spacial score (nSPS) is 13.8. The van der Waals surface area contributed by atoms with E-state index in [0.29, 0.717) is 6.42 Å². The molecule has 0 aliphatic heterocycles. The maximum absolute atomic E-state index is 12.2. The Morgan fingerprint density at radius 1 is 1.15 bits per heavy atom. The van der Waals surface area contributed by atoms with Crippen molar-refractivity contribution in [3.63, 3.8) is 0 Å². The molecule has 136 valence electrons. The Balaban J connectivity index is 1.45. The van der Waals surface area contributed by atoms with Gasteiger partial charge in [-0.05, 0) is 62.3 Å². The van der Waals surface area contributed by atoms with E-state index in [0.717, 1.165) is 35.6 Å². The molecule has 1 amide bonds. The topological polar surface area (TPSA) is 54.0 Å². The monoisotopic (exact) mass is 349 g/mol. The first-order valence-corrected chi connectivity index (χ1v) is 9.43. The van der Waals surface area contributed by atoms with E-state index in [1.165, 1.54) is 25.7 Å². The van der Waals surface area contributed by atoms with Crippen molar-refractivity contribution >= 4 is 17.4 Å². The number of carbonyl (C=O) groups excluding carboxylic acids is 1. The number of rotatable bonds is 7. The number of allylic oxidation sites excluding steroid dienone is 1. The summed E-state index contributed by atoms with van der Waals surface area (Å²) in [6.07, 6.45) is 10.7. The van der Waals surface area contributed by atoms with E-state index in [-0.39, 0.29) is 5.91 Å². The van der Waals surface area contributed by atoms with E-state index in [1.54, 1.807) is 11.8 Å². The van der Waals surface area contributed by atoms with Crippen LogP contribution in [0.5, 0.6) is 0 Å². The molecule has 4 nitrogen and oxygen atoms in total. The summed E-state index contributed by atoms with van der Waals surface area (Å²) >= 11 is 0. The standard InChI is InChI=1S/C22H27N3O/c1-17-7-5-6-10-19(17)15-22(26)25-20-11-12-21(24-16-20)23-14-13-18-8-3-2-4-9-18/h5-8,10-12,16H,2-4,9,13-15H2,1H3,(H,23,24)(H,25,26). The van der Waals surface area contributed by atoms with E-state index in [2.05, 4.69) is 21.7 Å². The van der Waals surface area contributed by atoms with Crippen molar-refractivity contribution in [2.45, 2.75) is 45.4 Å². The van der Waals surface area contributed by atoms with Gasteiger partial charge in [0.2, 0.25) is 5.91 Å². The number of anilines is 2. The molecule has 1 aliphatic carbocycles. The lowest BCUT2D eigenvalue weighted by atomic mass is 9.97. The maximum atomic E-state index is 12.2. The number of aryl methyl sites for hydroxylation is 1. The summed E-state index contributed by atoms with van der Waals surface area (Å²) in [6.45, 7) is 2.92. The van der Waals surface area contributed by atoms with Gasteiger partial charge >= 0.3 is 0 Å². The number of nitrogens with zero attached hydrogens (tertiary/aromatic N) is 1. The second kappa shape index (κ2) is 9.18. The number of amides is 1. The fourth-order valence-electron chi connectivity index (χ4n) is 3.24. The minimum atomic E-state index is -0.0222. The largest absolute Gasteiger partial charge is 0.370 e. The summed E-state index contributed by atoms with van der Waals surface area (Å²) in [4.78, 5) is 16.6. The fraction of sp³-hybridized carbons (Fsp3) is 0.364. The Kier molecular flexibility index (Phi) is 6.42. The van der Waals surface area contributed by atoms with Gasteiger partial charge in [-0.25, -0.2) is 4.98 Å². The van der Waals surface area contributed by atoms with Gasteiger partial charge in [-0.3, -0.25) is 4.79 Å². The molecule has 4 heteroatoms. The van der Waals surface area contributed by atoms with Crippen LogP contribution in [-0.4, -0.2) is 17.4 Å². The van der Waals surface area contributed by atoms with Crippen LogP contribution in [0.2, 0.25) is 0 Å². The predicted octanol–water partition coefficient (Wildman–Crippen LogP) is 4.87.